The van der Waals surface area contributed by atoms with Crippen molar-refractivity contribution in [1.82, 2.24) is 4.90 Å². The molecule has 1 aliphatic carbocycles. The van der Waals surface area contributed by atoms with Crippen molar-refractivity contribution in [3.05, 3.63) is 11.6 Å². The number of fused-ring (bicyclic) bond motifs is 1. The number of rotatable bonds is 3. The van der Waals surface area contributed by atoms with E-state index in [1.54, 1.807) is 5.57 Å². The average molecular weight is 179 g/mol. The first-order valence-electron chi connectivity index (χ1n) is 5.47. The maximum Gasteiger partial charge on any atom is 0.0407 e. The van der Waals surface area contributed by atoms with Gasteiger partial charge in [0.25, 0.3) is 0 Å². The predicted molar refractivity (Wildman–Crippen MR) is 56.7 cm³/mol. The molecule has 2 bridgehead atoms. The van der Waals surface area contributed by atoms with Gasteiger partial charge in [-0.15, -0.1) is 0 Å². The van der Waals surface area contributed by atoms with Crippen LogP contribution >= 0.6 is 0 Å². The van der Waals surface area contributed by atoms with E-state index in [1.807, 2.05) is 0 Å². The second-order valence-electron chi connectivity index (χ2n) is 5.44. The van der Waals surface area contributed by atoms with Gasteiger partial charge in [-0.2, -0.15) is 0 Å². The molecule has 1 nitrogen and oxygen atoms in total. The number of hydrogen-bond acceptors (Lipinski definition) is 1. The van der Waals surface area contributed by atoms with E-state index in [-0.39, 0.29) is 0 Å². The smallest absolute Gasteiger partial charge is 0.0407 e. The van der Waals surface area contributed by atoms with Gasteiger partial charge in [-0.1, -0.05) is 32.4 Å². The lowest BCUT2D eigenvalue weighted by Gasteiger charge is -2.35. The highest BCUT2D eigenvalue weighted by atomic mass is 15.2. The lowest BCUT2D eigenvalue weighted by atomic mass is 9.85. The van der Waals surface area contributed by atoms with Crippen LogP contribution in [0.1, 0.15) is 34.1 Å². The minimum atomic E-state index is 0.443. The molecule has 1 heteroatoms. The topological polar surface area (TPSA) is 3.24 Å². The predicted octanol–water partition coefficient (Wildman–Crippen LogP) is 2.68. The van der Waals surface area contributed by atoms with E-state index in [9.17, 15) is 0 Å². The second kappa shape index (κ2) is 2.84. The summed E-state index contributed by atoms with van der Waals surface area (Å²) in [6.45, 7) is 11.9. The van der Waals surface area contributed by atoms with E-state index in [0.717, 1.165) is 11.8 Å². The molecule has 0 aromatic carbocycles. The molecule has 13 heavy (non-hydrogen) atoms. The first kappa shape index (κ1) is 9.26. The zero-order valence-electron chi connectivity index (χ0n) is 9.30. The van der Waals surface area contributed by atoms with Crippen LogP contribution in [0.3, 0.4) is 0 Å². The maximum absolute atomic E-state index is 2.65. The molecule has 1 fully saturated rings. The largest absolute Gasteiger partial charge is 0.290 e. The van der Waals surface area contributed by atoms with Crippen molar-refractivity contribution < 1.29 is 0 Å². The van der Waals surface area contributed by atoms with E-state index in [4.69, 9.17) is 0 Å². The summed E-state index contributed by atoms with van der Waals surface area (Å²) in [6.07, 6.45) is 3.79. The van der Waals surface area contributed by atoms with Gasteiger partial charge in [0.05, 0.1) is 0 Å². The Kier molecular flexibility index (Phi) is 2.03. The summed E-state index contributed by atoms with van der Waals surface area (Å²) in [4.78, 5) is 2.65. The van der Waals surface area contributed by atoms with Crippen LogP contribution in [0.25, 0.3) is 0 Å². The zero-order valence-corrected chi connectivity index (χ0v) is 9.30. The summed E-state index contributed by atoms with van der Waals surface area (Å²) in [5, 5.41) is 0. The fourth-order valence-electron chi connectivity index (χ4n) is 2.43. The van der Waals surface area contributed by atoms with E-state index in [0.29, 0.717) is 5.54 Å². The third-order valence-electron chi connectivity index (χ3n) is 3.86. The fraction of sp³-hybridized carbons (Fsp3) is 0.833. The van der Waals surface area contributed by atoms with Crippen molar-refractivity contribution in [1.29, 1.82) is 0 Å². The van der Waals surface area contributed by atoms with Gasteiger partial charge in [0.1, 0.15) is 0 Å². The van der Waals surface area contributed by atoms with Gasteiger partial charge in [0.15, 0.2) is 0 Å². The normalized spacial score (nSPS) is 34.7. The van der Waals surface area contributed by atoms with Crippen LogP contribution < -0.4 is 0 Å². The van der Waals surface area contributed by atoms with Crippen LogP contribution in [0.2, 0.25) is 0 Å². The summed E-state index contributed by atoms with van der Waals surface area (Å²) in [5.74, 6) is 1.64. The van der Waals surface area contributed by atoms with E-state index < -0.39 is 0 Å². The monoisotopic (exact) mass is 179 g/mol. The Morgan fingerprint density at radius 3 is 2.46 bits per heavy atom. The van der Waals surface area contributed by atoms with Gasteiger partial charge in [0, 0.05) is 18.6 Å². The molecule has 74 valence electrons. The third kappa shape index (κ3) is 1.43. The van der Waals surface area contributed by atoms with Crippen LogP contribution in [-0.2, 0) is 0 Å². The van der Waals surface area contributed by atoms with Gasteiger partial charge in [-0.25, -0.2) is 0 Å². The van der Waals surface area contributed by atoms with Gasteiger partial charge >= 0.3 is 0 Å². The van der Waals surface area contributed by atoms with Crippen LogP contribution in [0, 0.1) is 11.8 Å². The number of hydrogen-bond donors (Lipinski definition) is 0. The quantitative estimate of drug-likeness (QED) is 0.602. The highest BCUT2D eigenvalue weighted by Gasteiger charge is 2.45. The van der Waals surface area contributed by atoms with Gasteiger partial charge in [-0.05, 0) is 25.2 Å². The Morgan fingerprint density at radius 1 is 1.46 bits per heavy atom. The van der Waals surface area contributed by atoms with Crippen molar-refractivity contribution in [2.24, 2.45) is 11.8 Å². The highest BCUT2D eigenvalue weighted by molar-refractivity contribution is 5.36. The molecule has 0 saturated carbocycles. The van der Waals surface area contributed by atoms with Crippen molar-refractivity contribution in [2.75, 3.05) is 13.1 Å². The summed E-state index contributed by atoms with van der Waals surface area (Å²) in [6, 6.07) is 0. The molecule has 2 atom stereocenters. The minimum Gasteiger partial charge on any atom is -0.290 e. The Balaban J connectivity index is 1.91. The summed E-state index contributed by atoms with van der Waals surface area (Å²) in [7, 11) is 0. The van der Waals surface area contributed by atoms with Crippen molar-refractivity contribution in [2.45, 2.75) is 39.7 Å². The highest BCUT2D eigenvalue weighted by Crippen LogP contribution is 2.44. The standard InChI is InChI=1S/C12H21N/c1-9(2)10(3)7-13-8-11-5-12(13,4)6-11/h5,9-10H,6-8H2,1-4H3. The molecule has 2 heterocycles. The molecule has 2 unspecified atom stereocenters. The molecule has 3 rings (SSSR count). The molecule has 0 aromatic heterocycles. The first-order chi connectivity index (χ1) is 6.01. The van der Waals surface area contributed by atoms with Gasteiger partial charge < -0.3 is 0 Å². The fourth-order valence-corrected chi connectivity index (χ4v) is 2.43. The lowest BCUT2D eigenvalue weighted by Crippen LogP contribution is -2.42. The Morgan fingerprint density at radius 2 is 2.08 bits per heavy atom. The first-order valence-corrected chi connectivity index (χ1v) is 5.47. The lowest BCUT2D eigenvalue weighted by molar-refractivity contribution is 0.163. The van der Waals surface area contributed by atoms with E-state index in [2.05, 4.69) is 38.7 Å². The molecule has 3 aliphatic rings. The van der Waals surface area contributed by atoms with Crippen molar-refractivity contribution >= 4 is 0 Å². The molecule has 0 N–H and O–H groups in total. The summed E-state index contributed by atoms with van der Waals surface area (Å²) in [5.41, 5.74) is 2.11. The molecule has 0 radical (unpaired) electrons. The van der Waals surface area contributed by atoms with Gasteiger partial charge in [-0.3, -0.25) is 4.90 Å². The Hall–Kier alpha value is -0.300. The summed E-state index contributed by atoms with van der Waals surface area (Å²) >= 11 is 0. The van der Waals surface area contributed by atoms with E-state index in [1.165, 1.54) is 19.5 Å². The third-order valence-corrected chi connectivity index (χ3v) is 3.86. The van der Waals surface area contributed by atoms with Gasteiger partial charge in [0.2, 0.25) is 0 Å². The molecule has 0 aromatic rings. The maximum atomic E-state index is 2.65. The molecule has 1 saturated heterocycles. The number of nitrogens with zero attached hydrogens (tertiary/aromatic N) is 1. The zero-order chi connectivity index (χ0) is 9.64. The molecular weight excluding hydrogens is 158 g/mol. The molecule has 0 amide bonds. The molecular formula is C12H21N. The second-order valence-corrected chi connectivity index (χ2v) is 5.44. The van der Waals surface area contributed by atoms with Crippen molar-refractivity contribution in [3.63, 3.8) is 0 Å². The van der Waals surface area contributed by atoms with Crippen LogP contribution in [0.5, 0.6) is 0 Å². The SMILES string of the molecule is CC(C)C(C)CN1CC2=CC1(C)C2. The minimum absolute atomic E-state index is 0.443. The van der Waals surface area contributed by atoms with Crippen molar-refractivity contribution in [3.8, 4) is 0 Å². The Bertz CT molecular complexity index is 242. The molecule has 2 aliphatic heterocycles. The van der Waals surface area contributed by atoms with Crippen LogP contribution in [-0.4, -0.2) is 23.5 Å². The summed E-state index contributed by atoms with van der Waals surface area (Å²) < 4.78 is 0. The van der Waals surface area contributed by atoms with Crippen LogP contribution in [0.4, 0.5) is 0 Å². The van der Waals surface area contributed by atoms with E-state index >= 15 is 0 Å². The Labute approximate surface area is 81.8 Å². The molecule has 0 spiro atoms. The van der Waals surface area contributed by atoms with Crippen LogP contribution in [0.15, 0.2) is 11.6 Å². The average Bonchev–Trinajstić information content (AvgIpc) is 2.40.